The van der Waals surface area contributed by atoms with E-state index >= 15 is 0 Å². The summed E-state index contributed by atoms with van der Waals surface area (Å²) in [6.45, 7) is 2.27. The van der Waals surface area contributed by atoms with Gasteiger partial charge in [-0.25, -0.2) is 0 Å². The van der Waals surface area contributed by atoms with Gasteiger partial charge >= 0.3 is 0 Å². The summed E-state index contributed by atoms with van der Waals surface area (Å²) in [7, 11) is 0. The van der Waals surface area contributed by atoms with Crippen LogP contribution in [-0.2, 0) is 11.3 Å². The zero-order valence-electron chi connectivity index (χ0n) is 8.19. The average molecular weight is 197 g/mol. The van der Waals surface area contributed by atoms with Gasteiger partial charge in [0.1, 0.15) is 0 Å². The van der Waals surface area contributed by atoms with Crippen LogP contribution in [-0.4, -0.2) is 17.1 Å². The predicted molar refractivity (Wildman–Crippen MR) is 51.2 cm³/mol. The molecular formula is C9H15N3O2. The Balaban J connectivity index is 2.15. The van der Waals surface area contributed by atoms with E-state index in [1.165, 1.54) is 0 Å². The molecule has 0 spiro atoms. The Kier molecular flexibility index (Phi) is 4.12. The summed E-state index contributed by atoms with van der Waals surface area (Å²) in [6, 6.07) is 1.78. The van der Waals surface area contributed by atoms with Crippen LogP contribution in [0.5, 0.6) is 0 Å². The molecule has 5 nitrogen and oxygen atoms in total. The molecule has 1 heterocycles. The quantitative estimate of drug-likeness (QED) is 0.716. The molecule has 0 radical (unpaired) electrons. The molecule has 0 saturated carbocycles. The maximum absolute atomic E-state index is 11.2. The lowest BCUT2D eigenvalue weighted by atomic mass is 10.2. The molecule has 1 atom stereocenters. The van der Waals surface area contributed by atoms with E-state index in [1.807, 2.05) is 6.92 Å². The molecule has 0 aliphatic heterocycles. The maximum atomic E-state index is 11.2. The second-order valence-electron chi connectivity index (χ2n) is 3.27. The van der Waals surface area contributed by atoms with E-state index < -0.39 is 0 Å². The minimum absolute atomic E-state index is 0.0151. The summed E-state index contributed by atoms with van der Waals surface area (Å²) in [5, 5.41) is 6.24. The molecule has 1 amide bonds. The predicted octanol–water partition coefficient (Wildman–Crippen LogP) is 0.418. The van der Waals surface area contributed by atoms with Crippen molar-refractivity contribution in [3.8, 4) is 0 Å². The van der Waals surface area contributed by atoms with Gasteiger partial charge in [0.2, 0.25) is 5.91 Å². The van der Waals surface area contributed by atoms with Gasteiger partial charge < -0.3 is 15.6 Å². The molecule has 78 valence electrons. The molecule has 3 N–H and O–H groups in total. The third-order valence-electron chi connectivity index (χ3n) is 1.78. The van der Waals surface area contributed by atoms with Gasteiger partial charge in [-0.3, -0.25) is 4.79 Å². The van der Waals surface area contributed by atoms with Gasteiger partial charge in [-0.05, 0) is 13.3 Å². The van der Waals surface area contributed by atoms with E-state index in [0.29, 0.717) is 25.1 Å². The Morgan fingerprint density at radius 1 is 1.79 bits per heavy atom. The fraction of sp³-hybridized carbons (Fsp3) is 0.556. The smallest absolute Gasteiger partial charge is 0.220 e. The number of aromatic nitrogens is 1. The van der Waals surface area contributed by atoms with Crippen molar-refractivity contribution >= 4 is 5.91 Å². The summed E-state index contributed by atoms with van der Waals surface area (Å²) >= 11 is 0. The maximum Gasteiger partial charge on any atom is 0.220 e. The minimum Gasteiger partial charge on any atom is -0.360 e. The highest BCUT2D eigenvalue weighted by atomic mass is 16.5. The van der Waals surface area contributed by atoms with Crippen molar-refractivity contribution in [2.75, 3.05) is 0 Å². The van der Waals surface area contributed by atoms with Gasteiger partial charge in [0.05, 0.1) is 12.7 Å². The van der Waals surface area contributed by atoms with Crippen LogP contribution < -0.4 is 11.1 Å². The number of rotatable bonds is 5. The summed E-state index contributed by atoms with van der Waals surface area (Å²) in [6.07, 6.45) is 2.69. The average Bonchev–Trinajstić information content (AvgIpc) is 2.63. The standard InChI is InChI=1S/C9H15N3O2/c1-7(10)2-3-9(13)11-6-8-4-5-12-14-8/h4-5,7H,2-3,6,10H2,1H3,(H,11,13). The lowest BCUT2D eigenvalue weighted by molar-refractivity contribution is -0.121. The first-order valence-corrected chi connectivity index (χ1v) is 4.60. The highest BCUT2D eigenvalue weighted by Crippen LogP contribution is 1.97. The first-order valence-electron chi connectivity index (χ1n) is 4.60. The molecule has 14 heavy (non-hydrogen) atoms. The topological polar surface area (TPSA) is 81.2 Å². The molecule has 1 unspecified atom stereocenters. The van der Waals surface area contributed by atoms with Crippen LogP contribution in [0.15, 0.2) is 16.8 Å². The number of carbonyl (C=O) groups excluding carboxylic acids is 1. The Morgan fingerprint density at radius 3 is 3.14 bits per heavy atom. The van der Waals surface area contributed by atoms with Crippen LogP contribution >= 0.6 is 0 Å². The molecule has 1 rings (SSSR count). The van der Waals surface area contributed by atoms with Crippen molar-refractivity contribution in [2.45, 2.75) is 32.4 Å². The fourth-order valence-corrected chi connectivity index (χ4v) is 0.966. The van der Waals surface area contributed by atoms with Gasteiger partial charge in [-0.15, -0.1) is 0 Å². The normalized spacial score (nSPS) is 12.4. The lowest BCUT2D eigenvalue weighted by Gasteiger charge is -2.04. The number of carbonyl (C=O) groups is 1. The molecule has 0 aliphatic carbocycles. The lowest BCUT2D eigenvalue weighted by Crippen LogP contribution is -2.25. The van der Waals surface area contributed by atoms with E-state index in [-0.39, 0.29) is 11.9 Å². The molecule has 0 fully saturated rings. The number of hydrogen-bond donors (Lipinski definition) is 2. The van der Waals surface area contributed by atoms with Crippen LogP contribution in [0.4, 0.5) is 0 Å². The summed E-state index contributed by atoms with van der Waals surface area (Å²) in [4.78, 5) is 11.2. The number of nitrogens with zero attached hydrogens (tertiary/aromatic N) is 1. The Bertz CT molecular complexity index is 270. The molecular weight excluding hydrogens is 182 g/mol. The molecule has 0 aliphatic rings. The van der Waals surface area contributed by atoms with Crippen LogP contribution in [0, 0.1) is 0 Å². The molecule has 0 bridgehead atoms. The van der Waals surface area contributed by atoms with E-state index in [0.717, 1.165) is 0 Å². The van der Waals surface area contributed by atoms with Gasteiger partial charge in [-0.1, -0.05) is 5.16 Å². The molecule has 1 aromatic rings. The number of nitrogens with two attached hydrogens (primary N) is 1. The number of amides is 1. The van der Waals surface area contributed by atoms with Crippen LogP contribution in [0.1, 0.15) is 25.5 Å². The second kappa shape index (κ2) is 5.39. The third kappa shape index (κ3) is 4.04. The highest BCUT2D eigenvalue weighted by molar-refractivity contribution is 5.75. The van der Waals surface area contributed by atoms with Crippen molar-refractivity contribution < 1.29 is 9.32 Å². The van der Waals surface area contributed by atoms with Crippen molar-refractivity contribution in [1.29, 1.82) is 0 Å². The minimum atomic E-state index is -0.0151. The number of hydrogen-bond acceptors (Lipinski definition) is 4. The SMILES string of the molecule is CC(N)CCC(=O)NCc1ccno1. The molecule has 0 saturated heterocycles. The summed E-state index contributed by atoms with van der Waals surface area (Å²) in [5.41, 5.74) is 5.52. The van der Waals surface area contributed by atoms with Crippen molar-refractivity contribution in [3.05, 3.63) is 18.0 Å². The largest absolute Gasteiger partial charge is 0.360 e. The van der Waals surface area contributed by atoms with E-state index in [4.69, 9.17) is 10.3 Å². The molecule has 1 aromatic heterocycles. The van der Waals surface area contributed by atoms with Gasteiger partial charge in [0.25, 0.3) is 0 Å². The molecule has 0 aromatic carbocycles. The van der Waals surface area contributed by atoms with Gasteiger partial charge in [0.15, 0.2) is 5.76 Å². The Morgan fingerprint density at radius 2 is 2.57 bits per heavy atom. The van der Waals surface area contributed by atoms with Crippen molar-refractivity contribution in [2.24, 2.45) is 5.73 Å². The van der Waals surface area contributed by atoms with Crippen molar-refractivity contribution in [1.82, 2.24) is 10.5 Å². The Hall–Kier alpha value is -1.36. The highest BCUT2D eigenvalue weighted by Gasteiger charge is 2.04. The van der Waals surface area contributed by atoms with Gasteiger partial charge in [0, 0.05) is 18.5 Å². The van der Waals surface area contributed by atoms with Crippen molar-refractivity contribution in [3.63, 3.8) is 0 Å². The van der Waals surface area contributed by atoms with Crippen LogP contribution in [0.25, 0.3) is 0 Å². The third-order valence-corrected chi connectivity index (χ3v) is 1.78. The Labute approximate surface area is 82.6 Å². The fourth-order valence-electron chi connectivity index (χ4n) is 0.966. The number of nitrogens with one attached hydrogen (secondary N) is 1. The first kappa shape index (κ1) is 10.7. The molecule has 5 heteroatoms. The van der Waals surface area contributed by atoms with E-state index in [9.17, 15) is 4.79 Å². The van der Waals surface area contributed by atoms with E-state index in [1.54, 1.807) is 12.3 Å². The monoisotopic (exact) mass is 197 g/mol. The van der Waals surface area contributed by atoms with Crippen LogP contribution in [0.2, 0.25) is 0 Å². The second-order valence-corrected chi connectivity index (χ2v) is 3.27. The zero-order chi connectivity index (χ0) is 10.4. The van der Waals surface area contributed by atoms with Gasteiger partial charge in [-0.2, -0.15) is 0 Å². The zero-order valence-corrected chi connectivity index (χ0v) is 8.19. The van der Waals surface area contributed by atoms with E-state index in [2.05, 4.69) is 10.5 Å². The summed E-state index contributed by atoms with van der Waals surface area (Å²) < 4.78 is 4.82. The summed E-state index contributed by atoms with van der Waals surface area (Å²) in [5.74, 6) is 0.637. The first-order chi connectivity index (χ1) is 6.68. The van der Waals surface area contributed by atoms with Crippen LogP contribution in [0.3, 0.4) is 0 Å².